The first-order valence-corrected chi connectivity index (χ1v) is 6.41. The minimum absolute atomic E-state index is 0. The number of methoxy groups -OCH3 is 2. The highest BCUT2D eigenvalue weighted by atomic mass is 127. The molecule has 3 N–H and O–H groups in total. The van der Waals surface area contributed by atoms with Crippen LogP contribution in [0.2, 0.25) is 0 Å². The van der Waals surface area contributed by atoms with E-state index in [-0.39, 0.29) is 24.0 Å². The van der Waals surface area contributed by atoms with Crippen molar-refractivity contribution in [2.24, 2.45) is 10.7 Å². The number of hydrogen-bond acceptors (Lipinski definition) is 4. The zero-order valence-electron chi connectivity index (χ0n) is 13.0. The fourth-order valence-electron chi connectivity index (χ4n) is 1.60. The van der Waals surface area contributed by atoms with Gasteiger partial charge in [-0.15, -0.1) is 24.0 Å². The summed E-state index contributed by atoms with van der Waals surface area (Å²) in [5.74, 6) is 0.336. The number of carbonyl (C=O) groups is 1. The molecule has 0 aromatic heterocycles. The van der Waals surface area contributed by atoms with Crippen LogP contribution in [0, 0.1) is 0 Å². The van der Waals surface area contributed by atoms with Gasteiger partial charge in [0.25, 0.3) is 0 Å². The Morgan fingerprint density at radius 2 is 2.09 bits per heavy atom. The third-order valence-electron chi connectivity index (χ3n) is 2.67. The molecule has 0 aliphatic heterocycles. The van der Waals surface area contributed by atoms with E-state index < -0.39 is 5.97 Å². The molecule has 0 fully saturated rings. The zero-order valence-corrected chi connectivity index (χ0v) is 15.3. The SMILES string of the molecule is C=C(C)CNC(N)=NCc1ccc(OC)c(C(=O)OC)c1.I. The molecule has 22 heavy (non-hydrogen) atoms. The lowest BCUT2D eigenvalue weighted by Crippen LogP contribution is -2.32. The summed E-state index contributed by atoms with van der Waals surface area (Å²) in [5.41, 5.74) is 7.89. The van der Waals surface area contributed by atoms with Crippen molar-refractivity contribution in [1.29, 1.82) is 0 Å². The molecule has 1 aromatic carbocycles. The molecule has 7 heteroatoms. The van der Waals surface area contributed by atoms with Crippen molar-refractivity contribution < 1.29 is 14.3 Å². The lowest BCUT2D eigenvalue weighted by Gasteiger charge is -2.09. The number of halogens is 1. The lowest BCUT2D eigenvalue weighted by molar-refractivity contribution is 0.0597. The van der Waals surface area contributed by atoms with Gasteiger partial charge in [-0.05, 0) is 24.6 Å². The number of nitrogens with two attached hydrogens (primary N) is 1. The van der Waals surface area contributed by atoms with Crippen molar-refractivity contribution in [2.75, 3.05) is 20.8 Å². The second-order valence-electron chi connectivity index (χ2n) is 4.54. The summed E-state index contributed by atoms with van der Waals surface area (Å²) in [6.07, 6.45) is 0. The van der Waals surface area contributed by atoms with Gasteiger partial charge in [-0.1, -0.05) is 18.2 Å². The number of benzene rings is 1. The fourth-order valence-corrected chi connectivity index (χ4v) is 1.60. The largest absolute Gasteiger partial charge is 0.496 e. The second kappa shape index (κ2) is 10.0. The van der Waals surface area contributed by atoms with Gasteiger partial charge in [0.05, 0.1) is 20.8 Å². The van der Waals surface area contributed by atoms with E-state index in [0.717, 1.165) is 11.1 Å². The molecule has 0 bridgehead atoms. The number of nitrogens with zero attached hydrogens (tertiary/aromatic N) is 1. The summed E-state index contributed by atoms with van der Waals surface area (Å²) in [6.45, 7) is 6.59. The van der Waals surface area contributed by atoms with E-state index >= 15 is 0 Å². The van der Waals surface area contributed by atoms with Crippen molar-refractivity contribution in [3.05, 3.63) is 41.5 Å². The molecule has 0 saturated heterocycles. The van der Waals surface area contributed by atoms with Gasteiger partial charge in [0.15, 0.2) is 5.96 Å². The molecule has 0 saturated carbocycles. The number of hydrogen-bond donors (Lipinski definition) is 2. The Labute approximate surface area is 147 Å². The van der Waals surface area contributed by atoms with E-state index in [2.05, 4.69) is 16.9 Å². The highest BCUT2D eigenvalue weighted by molar-refractivity contribution is 14.0. The van der Waals surface area contributed by atoms with Crippen LogP contribution < -0.4 is 15.8 Å². The standard InChI is InChI=1S/C15H21N3O3.HI/c1-10(2)8-17-15(16)18-9-11-5-6-13(20-3)12(7-11)14(19)21-4;/h5-7H,1,8-9H2,2-4H3,(H3,16,17,18);1H. The number of aliphatic imine (C=N–C) groups is 1. The van der Waals surface area contributed by atoms with E-state index in [1.807, 2.05) is 13.0 Å². The first-order valence-electron chi connectivity index (χ1n) is 6.41. The molecule has 0 unspecified atom stereocenters. The minimum atomic E-state index is -0.453. The highest BCUT2D eigenvalue weighted by Gasteiger charge is 2.13. The van der Waals surface area contributed by atoms with E-state index in [0.29, 0.717) is 30.4 Å². The van der Waals surface area contributed by atoms with Crippen molar-refractivity contribution >= 4 is 35.9 Å². The van der Waals surface area contributed by atoms with Gasteiger partial charge in [0, 0.05) is 6.54 Å². The van der Waals surface area contributed by atoms with Gasteiger partial charge in [-0.3, -0.25) is 0 Å². The lowest BCUT2D eigenvalue weighted by atomic mass is 10.1. The number of ether oxygens (including phenoxy) is 2. The molecule has 6 nitrogen and oxygen atoms in total. The third kappa shape index (κ3) is 6.33. The predicted molar refractivity (Wildman–Crippen MR) is 97.9 cm³/mol. The number of esters is 1. The Hall–Kier alpha value is -1.77. The first-order chi connectivity index (χ1) is 9.97. The summed E-state index contributed by atoms with van der Waals surface area (Å²) in [6, 6.07) is 5.20. The van der Waals surface area contributed by atoms with Crippen LogP contribution in [0.3, 0.4) is 0 Å². The molecule has 0 aliphatic carbocycles. The highest BCUT2D eigenvalue weighted by Crippen LogP contribution is 2.21. The molecule has 0 spiro atoms. The van der Waals surface area contributed by atoms with Crippen molar-refractivity contribution in [3.63, 3.8) is 0 Å². The molecular formula is C15H22IN3O3. The van der Waals surface area contributed by atoms with Crippen LogP contribution in [0.25, 0.3) is 0 Å². The maximum absolute atomic E-state index is 11.7. The number of guanidine groups is 1. The van der Waals surface area contributed by atoms with Crippen LogP contribution in [0.1, 0.15) is 22.8 Å². The van der Waals surface area contributed by atoms with Crippen LogP contribution in [0.4, 0.5) is 0 Å². The van der Waals surface area contributed by atoms with Crippen LogP contribution in [0.5, 0.6) is 5.75 Å². The van der Waals surface area contributed by atoms with Gasteiger partial charge in [0.1, 0.15) is 11.3 Å². The van der Waals surface area contributed by atoms with Gasteiger partial charge >= 0.3 is 5.97 Å². The molecule has 0 heterocycles. The Kier molecular flexibility index (Phi) is 9.23. The average molecular weight is 419 g/mol. The Bertz CT molecular complexity index is 559. The molecule has 122 valence electrons. The molecular weight excluding hydrogens is 397 g/mol. The van der Waals surface area contributed by atoms with Crippen LogP contribution in [-0.2, 0) is 11.3 Å². The minimum Gasteiger partial charge on any atom is -0.496 e. The number of rotatable bonds is 6. The van der Waals surface area contributed by atoms with E-state index in [4.69, 9.17) is 15.2 Å². The van der Waals surface area contributed by atoms with Gasteiger partial charge < -0.3 is 20.5 Å². The van der Waals surface area contributed by atoms with E-state index in [9.17, 15) is 4.79 Å². The van der Waals surface area contributed by atoms with Gasteiger partial charge in [-0.2, -0.15) is 0 Å². The zero-order chi connectivity index (χ0) is 15.8. The molecule has 0 atom stereocenters. The van der Waals surface area contributed by atoms with Crippen LogP contribution in [0.15, 0.2) is 35.3 Å². The first kappa shape index (κ1) is 20.2. The van der Waals surface area contributed by atoms with Crippen molar-refractivity contribution in [1.82, 2.24) is 5.32 Å². The van der Waals surface area contributed by atoms with Crippen LogP contribution >= 0.6 is 24.0 Å². The summed E-state index contributed by atoms with van der Waals surface area (Å²) >= 11 is 0. The molecule has 1 aromatic rings. The number of nitrogens with one attached hydrogen (secondary N) is 1. The summed E-state index contributed by atoms with van der Waals surface area (Å²) in [5, 5.41) is 2.94. The molecule has 0 aliphatic rings. The second-order valence-corrected chi connectivity index (χ2v) is 4.54. The molecule has 0 amide bonds. The summed E-state index contributed by atoms with van der Waals surface area (Å²) < 4.78 is 9.85. The average Bonchev–Trinajstić information content (AvgIpc) is 2.49. The topological polar surface area (TPSA) is 85.9 Å². The van der Waals surface area contributed by atoms with Gasteiger partial charge in [0.2, 0.25) is 0 Å². The van der Waals surface area contributed by atoms with Crippen molar-refractivity contribution in [2.45, 2.75) is 13.5 Å². The number of carbonyl (C=O) groups excluding carboxylic acids is 1. The normalized spacial score (nSPS) is 10.4. The maximum Gasteiger partial charge on any atom is 0.341 e. The summed E-state index contributed by atoms with van der Waals surface area (Å²) in [7, 11) is 2.82. The maximum atomic E-state index is 11.7. The van der Waals surface area contributed by atoms with E-state index in [1.54, 1.807) is 12.1 Å². The monoisotopic (exact) mass is 419 g/mol. The van der Waals surface area contributed by atoms with Gasteiger partial charge in [-0.25, -0.2) is 9.79 Å². The summed E-state index contributed by atoms with van der Waals surface area (Å²) in [4.78, 5) is 15.9. The smallest absolute Gasteiger partial charge is 0.341 e. The van der Waals surface area contributed by atoms with Crippen LogP contribution in [-0.4, -0.2) is 32.7 Å². The van der Waals surface area contributed by atoms with Crippen molar-refractivity contribution in [3.8, 4) is 5.75 Å². The third-order valence-corrected chi connectivity index (χ3v) is 2.67. The Morgan fingerprint density at radius 3 is 2.64 bits per heavy atom. The quantitative estimate of drug-likeness (QED) is 0.243. The predicted octanol–water partition coefficient (Wildman–Crippen LogP) is 2.08. The molecule has 0 radical (unpaired) electrons. The molecule has 1 rings (SSSR count). The van der Waals surface area contributed by atoms with E-state index in [1.165, 1.54) is 14.2 Å². The Morgan fingerprint density at radius 1 is 1.41 bits per heavy atom. The fraction of sp³-hybridized carbons (Fsp3) is 0.333. The Balaban J connectivity index is 0.00000441.